The van der Waals surface area contributed by atoms with Gasteiger partial charge in [0.25, 0.3) is 0 Å². The summed E-state index contributed by atoms with van der Waals surface area (Å²) in [6.45, 7) is 5.72. The Morgan fingerprint density at radius 3 is 2.33 bits per heavy atom. The van der Waals surface area contributed by atoms with Gasteiger partial charge in [-0.2, -0.15) is 0 Å². The van der Waals surface area contributed by atoms with Gasteiger partial charge in [-0.1, -0.05) is 31.8 Å². The van der Waals surface area contributed by atoms with Crippen LogP contribution in [0.5, 0.6) is 11.5 Å². The molecule has 1 aromatic rings. The topological polar surface area (TPSA) is 27.7 Å². The van der Waals surface area contributed by atoms with E-state index in [0.717, 1.165) is 30.9 Å². The van der Waals surface area contributed by atoms with Gasteiger partial charge in [0.2, 0.25) is 0 Å². The molecule has 1 aromatic heterocycles. The fourth-order valence-electron chi connectivity index (χ4n) is 2.34. The second-order valence-electron chi connectivity index (χ2n) is 5.41. The van der Waals surface area contributed by atoms with Crippen LogP contribution in [0.15, 0.2) is 23.4 Å². The van der Waals surface area contributed by atoms with E-state index in [1.807, 2.05) is 16.8 Å². The average molecular weight is 310 g/mol. The third-order valence-electron chi connectivity index (χ3n) is 3.60. The van der Waals surface area contributed by atoms with Crippen LogP contribution in [-0.2, 0) is 4.74 Å². The first-order valence-corrected chi connectivity index (χ1v) is 8.88. The Balaban J connectivity index is 1.46. The lowest BCUT2D eigenvalue weighted by Gasteiger charge is -2.14. The Morgan fingerprint density at radius 2 is 1.67 bits per heavy atom. The van der Waals surface area contributed by atoms with Crippen LogP contribution in [-0.4, -0.2) is 25.9 Å². The molecule has 0 amide bonds. The number of unbranched alkanes of at least 4 members (excludes halogenated alkanes) is 6. The second-order valence-corrected chi connectivity index (χ2v) is 6.16. The van der Waals surface area contributed by atoms with Gasteiger partial charge in [0.1, 0.15) is 19.3 Å². The lowest BCUT2D eigenvalue weighted by Crippen LogP contribution is -2.27. The van der Waals surface area contributed by atoms with Gasteiger partial charge in [-0.3, -0.25) is 0 Å². The smallest absolute Gasteiger partial charge is 0.172 e. The number of fused-ring (bicyclic) bond motifs is 1. The van der Waals surface area contributed by atoms with Crippen LogP contribution in [0.25, 0.3) is 0 Å². The van der Waals surface area contributed by atoms with Crippen molar-refractivity contribution in [3.05, 3.63) is 23.4 Å². The van der Waals surface area contributed by atoms with Crippen molar-refractivity contribution in [3.8, 4) is 11.5 Å². The fraction of sp³-hybridized carbons (Fsp3) is 0.647. The Hall–Kier alpha value is -1.00. The van der Waals surface area contributed by atoms with E-state index >= 15 is 0 Å². The van der Waals surface area contributed by atoms with Crippen LogP contribution in [0, 0.1) is 0 Å². The summed E-state index contributed by atoms with van der Waals surface area (Å²) in [4.78, 5) is 0. The molecule has 0 saturated heterocycles. The van der Waals surface area contributed by atoms with E-state index in [9.17, 15) is 0 Å². The maximum Gasteiger partial charge on any atom is 0.172 e. The number of hydrogen-bond donors (Lipinski definition) is 0. The molecule has 0 fully saturated rings. The molecular formula is C17H26O3S. The summed E-state index contributed by atoms with van der Waals surface area (Å²) >= 11 is 1.60. The Morgan fingerprint density at radius 1 is 1.05 bits per heavy atom. The number of rotatable bonds is 10. The minimum absolute atomic E-state index is 0.0509. The zero-order valence-electron chi connectivity index (χ0n) is 12.7. The largest absolute Gasteiger partial charge is 0.486 e. The molecule has 0 aromatic carbocycles. The molecule has 2 heterocycles. The predicted molar refractivity (Wildman–Crippen MR) is 87.6 cm³/mol. The summed E-state index contributed by atoms with van der Waals surface area (Å²) in [5, 5.41) is 3.95. The van der Waals surface area contributed by atoms with E-state index in [-0.39, 0.29) is 6.10 Å². The fourth-order valence-corrected chi connectivity index (χ4v) is 3.03. The molecule has 1 aliphatic rings. The van der Waals surface area contributed by atoms with Gasteiger partial charge < -0.3 is 14.2 Å². The first-order chi connectivity index (χ1) is 10.4. The molecule has 118 valence electrons. The molecule has 1 aliphatic heterocycles. The third-order valence-corrected chi connectivity index (χ3v) is 4.30. The molecule has 0 unspecified atom stereocenters. The van der Waals surface area contributed by atoms with E-state index in [1.165, 1.54) is 32.1 Å². The average Bonchev–Trinajstić information content (AvgIpc) is 2.87. The highest BCUT2D eigenvalue weighted by Crippen LogP contribution is 2.33. The van der Waals surface area contributed by atoms with Crippen molar-refractivity contribution in [3.63, 3.8) is 0 Å². The van der Waals surface area contributed by atoms with Crippen molar-refractivity contribution in [2.75, 3.05) is 19.8 Å². The maximum atomic E-state index is 5.85. The van der Waals surface area contributed by atoms with Crippen molar-refractivity contribution in [2.45, 2.75) is 51.0 Å². The summed E-state index contributed by atoms with van der Waals surface area (Å²) in [6.07, 6.45) is 10.8. The monoisotopic (exact) mass is 310 g/mol. The third kappa shape index (κ3) is 6.10. The molecule has 0 aliphatic carbocycles. The van der Waals surface area contributed by atoms with Gasteiger partial charge in [0, 0.05) is 17.4 Å². The van der Waals surface area contributed by atoms with E-state index in [0.29, 0.717) is 13.2 Å². The van der Waals surface area contributed by atoms with Gasteiger partial charge in [-0.15, -0.1) is 17.9 Å². The van der Waals surface area contributed by atoms with Crippen LogP contribution >= 0.6 is 11.3 Å². The molecule has 0 atom stereocenters. The minimum atomic E-state index is 0.0509. The molecule has 0 N–H and O–H groups in total. The van der Waals surface area contributed by atoms with Crippen LogP contribution in [0.4, 0.5) is 0 Å². The molecular weight excluding hydrogens is 284 g/mol. The van der Waals surface area contributed by atoms with Crippen molar-refractivity contribution < 1.29 is 14.2 Å². The Kier molecular flexibility index (Phi) is 7.68. The quantitative estimate of drug-likeness (QED) is 0.458. The van der Waals surface area contributed by atoms with Gasteiger partial charge >= 0.3 is 0 Å². The van der Waals surface area contributed by atoms with Crippen molar-refractivity contribution in [2.24, 2.45) is 0 Å². The molecule has 21 heavy (non-hydrogen) atoms. The molecule has 4 heteroatoms. The zero-order chi connectivity index (χ0) is 14.8. The molecule has 0 spiro atoms. The number of thiophene rings is 1. The van der Waals surface area contributed by atoms with Crippen LogP contribution in [0.1, 0.15) is 44.9 Å². The first kappa shape index (κ1) is 16.4. The summed E-state index contributed by atoms with van der Waals surface area (Å²) in [5.74, 6) is 1.70. The van der Waals surface area contributed by atoms with Crippen molar-refractivity contribution in [1.29, 1.82) is 0 Å². The van der Waals surface area contributed by atoms with Crippen molar-refractivity contribution in [1.82, 2.24) is 0 Å². The lowest BCUT2D eigenvalue weighted by molar-refractivity contribution is 0.00106. The summed E-state index contributed by atoms with van der Waals surface area (Å²) in [7, 11) is 0. The highest BCUT2D eigenvalue weighted by molar-refractivity contribution is 7.08. The van der Waals surface area contributed by atoms with E-state index in [2.05, 4.69) is 6.58 Å². The first-order valence-electron chi connectivity index (χ1n) is 7.94. The van der Waals surface area contributed by atoms with Gasteiger partial charge in [-0.25, -0.2) is 0 Å². The molecule has 3 nitrogen and oxygen atoms in total. The molecule has 0 saturated carbocycles. The predicted octanol–water partition coefficient (Wildman–Crippen LogP) is 4.82. The lowest BCUT2D eigenvalue weighted by atomic mass is 10.1. The number of ether oxygens (including phenoxy) is 3. The molecule has 2 rings (SSSR count). The van der Waals surface area contributed by atoms with Gasteiger partial charge in [-0.05, 0) is 19.3 Å². The van der Waals surface area contributed by atoms with Crippen LogP contribution < -0.4 is 9.47 Å². The Bertz CT molecular complexity index is 380. The number of hydrogen-bond acceptors (Lipinski definition) is 4. The molecule has 0 bridgehead atoms. The zero-order valence-corrected chi connectivity index (χ0v) is 13.5. The van der Waals surface area contributed by atoms with Gasteiger partial charge in [0.05, 0.1) is 0 Å². The minimum Gasteiger partial charge on any atom is -0.486 e. The Labute approximate surface area is 131 Å². The standard InChI is InChI=1S/C17H26O3S/c1-2-3-4-5-6-7-8-9-10-18-15-11-19-16-13-21-14-17(16)20-12-15/h2,13-15H,1,3-12H2. The second kappa shape index (κ2) is 9.85. The van der Waals surface area contributed by atoms with E-state index in [1.54, 1.807) is 11.3 Å². The summed E-state index contributed by atoms with van der Waals surface area (Å²) < 4.78 is 17.2. The summed E-state index contributed by atoms with van der Waals surface area (Å²) in [6, 6.07) is 0. The number of allylic oxidation sites excluding steroid dienone is 1. The van der Waals surface area contributed by atoms with Crippen LogP contribution in [0.3, 0.4) is 0 Å². The maximum absolute atomic E-state index is 5.85. The van der Waals surface area contributed by atoms with Crippen molar-refractivity contribution >= 4 is 11.3 Å². The van der Waals surface area contributed by atoms with E-state index < -0.39 is 0 Å². The van der Waals surface area contributed by atoms with Crippen LogP contribution in [0.2, 0.25) is 0 Å². The highest BCUT2D eigenvalue weighted by Gasteiger charge is 2.19. The van der Waals surface area contributed by atoms with Gasteiger partial charge in [0.15, 0.2) is 11.5 Å². The molecule has 0 radical (unpaired) electrons. The normalized spacial score (nSPS) is 14.9. The SMILES string of the molecule is C=CCCCCCCCCOC1COc2cscc2OC1. The summed E-state index contributed by atoms with van der Waals surface area (Å²) in [5.41, 5.74) is 0. The highest BCUT2D eigenvalue weighted by atomic mass is 32.1. The van der Waals surface area contributed by atoms with E-state index in [4.69, 9.17) is 14.2 Å².